The van der Waals surface area contributed by atoms with E-state index in [9.17, 15) is 14.7 Å². The van der Waals surface area contributed by atoms with Crippen LogP contribution in [0.3, 0.4) is 0 Å². The van der Waals surface area contributed by atoms with Crippen LogP contribution in [0.15, 0.2) is 28.2 Å². The maximum atomic E-state index is 12.0. The molecule has 2 aromatic rings. The number of ether oxygens (including phenoxy) is 1. The standard InChI is InChI=1S/C12H15N5O4/c1-7-5-16(12(20)14-10(7)19)11-9(4-8(6-18)21-11)17-3-2-13-15-17/h2-3,5,8-9,11,18H,4,6H2,1H3,(H,14,19,20). The van der Waals surface area contributed by atoms with E-state index in [1.807, 2.05) is 0 Å². The van der Waals surface area contributed by atoms with Gasteiger partial charge in [-0.15, -0.1) is 5.10 Å². The van der Waals surface area contributed by atoms with Crippen LogP contribution in [0.4, 0.5) is 0 Å². The van der Waals surface area contributed by atoms with Gasteiger partial charge in [0.15, 0.2) is 6.23 Å². The molecule has 0 radical (unpaired) electrons. The summed E-state index contributed by atoms with van der Waals surface area (Å²) in [7, 11) is 0. The van der Waals surface area contributed by atoms with E-state index in [0.29, 0.717) is 12.0 Å². The Bertz CT molecular complexity index is 735. The lowest BCUT2D eigenvalue weighted by atomic mass is 10.1. The minimum absolute atomic E-state index is 0.154. The molecule has 3 rings (SSSR count). The fourth-order valence-electron chi connectivity index (χ4n) is 2.51. The molecular weight excluding hydrogens is 278 g/mol. The van der Waals surface area contributed by atoms with E-state index in [4.69, 9.17) is 4.74 Å². The number of hydrogen-bond donors (Lipinski definition) is 2. The molecule has 3 unspecified atom stereocenters. The molecule has 21 heavy (non-hydrogen) atoms. The minimum atomic E-state index is -0.660. The fraction of sp³-hybridized carbons (Fsp3) is 0.500. The van der Waals surface area contributed by atoms with E-state index in [2.05, 4.69) is 15.3 Å². The van der Waals surface area contributed by atoms with Crippen LogP contribution in [-0.4, -0.2) is 42.4 Å². The number of nitrogens with zero attached hydrogens (tertiary/aromatic N) is 4. The largest absolute Gasteiger partial charge is 0.394 e. The van der Waals surface area contributed by atoms with Gasteiger partial charge in [-0.1, -0.05) is 5.21 Å². The summed E-state index contributed by atoms with van der Waals surface area (Å²) in [5.41, 5.74) is -0.576. The quantitative estimate of drug-likeness (QED) is 0.746. The van der Waals surface area contributed by atoms with E-state index in [-0.39, 0.29) is 12.6 Å². The average Bonchev–Trinajstić information content (AvgIpc) is 3.11. The van der Waals surface area contributed by atoms with Crippen molar-refractivity contribution in [3.8, 4) is 0 Å². The van der Waals surface area contributed by atoms with Crippen molar-refractivity contribution in [2.24, 2.45) is 0 Å². The highest BCUT2D eigenvalue weighted by Gasteiger charge is 2.38. The summed E-state index contributed by atoms with van der Waals surface area (Å²) in [6.45, 7) is 1.45. The van der Waals surface area contributed by atoms with Crippen molar-refractivity contribution in [2.45, 2.75) is 31.7 Å². The molecule has 1 aliphatic rings. The zero-order valence-electron chi connectivity index (χ0n) is 11.3. The number of aromatic nitrogens is 5. The lowest BCUT2D eigenvalue weighted by molar-refractivity contribution is -0.0350. The van der Waals surface area contributed by atoms with Crippen molar-refractivity contribution in [1.29, 1.82) is 0 Å². The van der Waals surface area contributed by atoms with E-state index in [0.717, 1.165) is 0 Å². The van der Waals surface area contributed by atoms with Gasteiger partial charge < -0.3 is 9.84 Å². The monoisotopic (exact) mass is 293 g/mol. The number of rotatable bonds is 3. The highest BCUT2D eigenvalue weighted by atomic mass is 16.5. The lowest BCUT2D eigenvalue weighted by Crippen LogP contribution is -2.35. The Morgan fingerprint density at radius 1 is 1.52 bits per heavy atom. The Labute approximate surface area is 118 Å². The third-order valence-electron chi connectivity index (χ3n) is 3.57. The molecular formula is C12H15N5O4. The third kappa shape index (κ3) is 2.41. The molecule has 1 aliphatic heterocycles. The van der Waals surface area contributed by atoms with Gasteiger partial charge >= 0.3 is 5.69 Å². The predicted octanol–water partition coefficient (Wildman–Crippen LogP) is -1.04. The Hall–Kier alpha value is -2.26. The lowest BCUT2D eigenvalue weighted by Gasteiger charge is -2.20. The maximum Gasteiger partial charge on any atom is 0.330 e. The molecule has 9 heteroatoms. The second-order valence-corrected chi connectivity index (χ2v) is 5.00. The zero-order chi connectivity index (χ0) is 15.0. The SMILES string of the molecule is Cc1cn(C2OC(CO)CC2n2ccnn2)c(=O)[nH]c1=O. The van der Waals surface area contributed by atoms with Crippen molar-refractivity contribution in [2.75, 3.05) is 6.61 Å². The number of hydrogen-bond acceptors (Lipinski definition) is 6. The molecule has 3 atom stereocenters. The highest BCUT2D eigenvalue weighted by Crippen LogP contribution is 2.36. The number of aromatic amines is 1. The van der Waals surface area contributed by atoms with Crippen LogP contribution in [0.25, 0.3) is 0 Å². The Kier molecular flexibility index (Phi) is 3.43. The topological polar surface area (TPSA) is 115 Å². The number of H-pyrrole nitrogens is 1. The Balaban J connectivity index is 2.04. The van der Waals surface area contributed by atoms with Crippen LogP contribution in [-0.2, 0) is 4.74 Å². The maximum absolute atomic E-state index is 12.0. The van der Waals surface area contributed by atoms with Crippen LogP contribution in [0.5, 0.6) is 0 Å². The van der Waals surface area contributed by atoms with Gasteiger partial charge in [-0.2, -0.15) is 0 Å². The molecule has 2 N–H and O–H groups in total. The summed E-state index contributed by atoms with van der Waals surface area (Å²) in [4.78, 5) is 25.7. The first kappa shape index (κ1) is 13.7. The number of nitrogens with one attached hydrogen (secondary N) is 1. The van der Waals surface area contributed by atoms with E-state index >= 15 is 0 Å². The predicted molar refractivity (Wildman–Crippen MR) is 70.7 cm³/mol. The van der Waals surface area contributed by atoms with Crippen molar-refractivity contribution in [3.63, 3.8) is 0 Å². The first-order chi connectivity index (χ1) is 10.1. The number of aryl methyl sites for hydroxylation is 1. The summed E-state index contributed by atoms with van der Waals surface area (Å²) >= 11 is 0. The van der Waals surface area contributed by atoms with Crippen molar-refractivity contribution < 1.29 is 9.84 Å². The molecule has 0 aromatic carbocycles. The van der Waals surface area contributed by atoms with Gasteiger partial charge in [0, 0.05) is 24.4 Å². The summed E-state index contributed by atoms with van der Waals surface area (Å²) in [5.74, 6) is 0. The first-order valence-corrected chi connectivity index (χ1v) is 6.54. The van der Waals surface area contributed by atoms with Gasteiger partial charge in [-0.25, -0.2) is 9.48 Å². The van der Waals surface area contributed by atoms with Gasteiger partial charge in [0.1, 0.15) is 6.04 Å². The van der Waals surface area contributed by atoms with Gasteiger partial charge in [-0.3, -0.25) is 14.3 Å². The molecule has 0 amide bonds. The highest BCUT2D eigenvalue weighted by molar-refractivity contribution is 5.02. The van der Waals surface area contributed by atoms with Crippen molar-refractivity contribution >= 4 is 0 Å². The van der Waals surface area contributed by atoms with Crippen molar-refractivity contribution in [3.05, 3.63) is 45.0 Å². The molecule has 9 nitrogen and oxygen atoms in total. The summed E-state index contributed by atoms with van der Waals surface area (Å²) < 4.78 is 8.62. The van der Waals surface area contributed by atoms with E-state index in [1.165, 1.54) is 17.0 Å². The molecule has 0 saturated carbocycles. The minimum Gasteiger partial charge on any atom is -0.394 e. The summed E-state index contributed by atoms with van der Waals surface area (Å²) in [6.07, 6.45) is 4.09. The number of aliphatic hydroxyl groups is 1. The molecule has 3 heterocycles. The van der Waals surface area contributed by atoms with Crippen LogP contribution in [0, 0.1) is 6.92 Å². The van der Waals surface area contributed by atoms with E-state index in [1.54, 1.807) is 17.8 Å². The summed E-state index contributed by atoms with van der Waals surface area (Å²) in [6, 6.07) is -0.285. The van der Waals surface area contributed by atoms with Crippen LogP contribution >= 0.6 is 0 Å². The van der Waals surface area contributed by atoms with Gasteiger partial charge in [0.05, 0.1) is 18.9 Å². The summed E-state index contributed by atoms with van der Waals surface area (Å²) in [5, 5.41) is 17.0. The smallest absolute Gasteiger partial charge is 0.330 e. The fourth-order valence-corrected chi connectivity index (χ4v) is 2.51. The van der Waals surface area contributed by atoms with Gasteiger partial charge in [0.25, 0.3) is 5.56 Å². The second-order valence-electron chi connectivity index (χ2n) is 5.00. The molecule has 2 aromatic heterocycles. The Morgan fingerprint density at radius 2 is 2.33 bits per heavy atom. The van der Waals surface area contributed by atoms with Crippen LogP contribution < -0.4 is 11.2 Å². The molecule has 112 valence electrons. The van der Waals surface area contributed by atoms with Crippen LogP contribution in [0.1, 0.15) is 24.3 Å². The number of aliphatic hydroxyl groups excluding tert-OH is 1. The second kappa shape index (κ2) is 5.26. The molecule has 0 spiro atoms. The molecule has 1 saturated heterocycles. The average molecular weight is 293 g/mol. The van der Waals surface area contributed by atoms with Gasteiger partial charge in [0.2, 0.25) is 0 Å². The molecule has 0 aliphatic carbocycles. The first-order valence-electron chi connectivity index (χ1n) is 6.54. The Morgan fingerprint density at radius 3 is 3.00 bits per heavy atom. The van der Waals surface area contributed by atoms with E-state index < -0.39 is 23.6 Å². The normalized spacial score (nSPS) is 25.3. The zero-order valence-corrected chi connectivity index (χ0v) is 11.3. The van der Waals surface area contributed by atoms with Crippen molar-refractivity contribution in [1.82, 2.24) is 24.5 Å². The third-order valence-corrected chi connectivity index (χ3v) is 3.57. The van der Waals surface area contributed by atoms with Crippen LogP contribution in [0.2, 0.25) is 0 Å². The van der Waals surface area contributed by atoms with Gasteiger partial charge in [-0.05, 0) is 6.92 Å². The molecule has 1 fully saturated rings. The molecule has 0 bridgehead atoms.